The van der Waals surface area contributed by atoms with Crippen molar-refractivity contribution in [2.24, 2.45) is 29.6 Å². The molecular formula is C36H30BrN3O7S2. The summed E-state index contributed by atoms with van der Waals surface area (Å²) in [5.41, 5.74) is 2.30. The number of esters is 1. The third-order valence-electron chi connectivity index (χ3n) is 10.1. The zero-order chi connectivity index (χ0) is 34.0. The van der Waals surface area contributed by atoms with Gasteiger partial charge in [0.25, 0.3) is 5.91 Å². The summed E-state index contributed by atoms with van der Waals surface area (Å²) in [6, 6.07) is 21.1. The Kier molecular flexibility index (Phi) is 8.24. The standard InChI is InChI=1S/C36H30BrN3O7S2/c1-2-46-35(44)17-8-11-19(12-9-17)38-25(41)16-47-24-13-10-18(37)14-21(24)26-27-22-15-23(30(27)48-32-31(26)49-36(45)39-32)29-28(22)33(42)40(34(29)43)20-6-4-3-5-7-20/h3-14,22-23,26-30H,2,15-16H2,1H3,(H,38,41)(H,39,45)/t22-,23-,26-,27?,28?,29?,30?/m1/s1. The highest BCUT2D eigenvalue weighted by atomic mass is 79.9. The molecule has 7 atom stereocenters. The van der Waals surface area contributed by atoms with E-state index < -0.39 is 17.8 Å². The highest BCUT2D eigenvalue weighted by Crippen LogP contribution is 2.69. The first-order valence-corrected chi connectivity index (χ1v) is 18.5. The molecule has 2 aliphatic carbocycles. The molecule has 4 aromatic rings. The summed E-state index contributed by atoms with van der Waals surface area (Å²) >= 11 is 6.41. The maximum Gasteiger partial charge on any atom is 0.338 e. The van der Waals surface area contributed by atoms with E-state index in [0.29, 0.717) is 22.7 Å². The Balaban J connectivity index is 1.08. The number of rotatable bonds is 8. The Morgan fingerprint density at radius 3 is 2.45 bits per heavy atom. The summed E-state index contributed by atoms with van der Waals surface area (Å²) in [5.74, 6) is -1.86. The molecule has 3 heterocycles. The van der Waals surface area contributed by atoms with E-state index in [0.717, 1.165) is 37.7 Å². The average Bonchev–Trinajstić information content (AvgIpc) is 3.83. The molecule has 250 valence electrons. The molecule has 4 unspecified atom stereocenters. The molecule has 49 heavy (non-hydrogen) atoms. The Morgan fingerprint density at radius 1 is 0.980 bits per heavy atom. The van der Waals surface area contributed by atoms with Crippen molar-refractivity contribution < 1.29 is 28.7 Å². The molecule has 2 N–H and O–H groups in total. The van der Waals surface area contributed by atoms with Gasteiger partial charge in [-0.3, -0.25) is 24.1 Å². The number of imide groups is 1. The molecule has 2 saturated carbocycles. The van der Waals surface area contributed by atoms with E-state index in [1.807, 2.05) is 36.4 Å². The average molecular weight is 761 g/mol. The monoisotopic (exact) mass is 759 g/mol. The van der Waals surface area contributed by atoms with Gasteiger partial charge in [-0.15, -0.1) is 11.8 Å². The van der Waals surface area contributed by atoms with Crippen molar-refractivity contribution in [2.45, 2.75) is 29.5 Å². The summed E-state index contributed by atoms with van der Waals surface area (Å²) in [6.07, 6.45) is 0.759. The van der Waals surface area contributed by atoms with Gasteiger partial charge in [-0.25, -0.2) is 4.79 Å². The van der Waals surface area contributed by atoms with Crippen LogP contribution in [0.15, 0.2) is 87.1 Å². The smallest absolute Gasteiger partial charge is 0.338 e. The van der Waals surface area contributed by atoms with Gasteiger partial charge in [0.2, 0.25) is 11.8 Å². The molecule has 3 amide bonds. The van der Waals surface area contributed by atoms with Crippen LogP contribution in [0.2, 0.25) is 0 Å². The number of ether oxygens (including phenoxy) is 2. The molecule has 0 radical (unpaired) electrons. The maximum absolute atomic E-state index is 14.0. The first-order valence-electron chi connectivity index (χ1n) is 16.0. The number of benzene rings is 3. The lowest BCUT2D eigenvalue weighted by Crippen LogP contribution is -2.42. The van der Waals surface area contributed by atoms with Crippen molar-refractivity contribution in [3.63, 3.8) is 0 Å². The number of aromatic amines is 1. The van der Waals surface area contributed by atoms with E-state index in [2.05, 4.69) is 26.2 Å². The van der Waals surface area contributed by atoms with Crippen LogP contribution < -0.4 is 19.8 Å². The number of H-pyrrole nitrogens is 1. The van der Waals surface area contributed by atoms with Crippen molar-refractivity contribution in [3.05, 3.63) is 103 Å². The lowest BCUT2D eigenvalue weighted by molar-refractivity contribution is -0.123. The quantitative estimate of drug-likeness (QED) is 0.163. The maximum atomic E-state index is 14.0. The fourth-order valence-electron chi connectivity index (χ4n) is 8.33. The fourth-order valence-corrected chi connectivity index (χ4v) is 11.6. The van der Waals surface area contributed by atoms with Crippen LogP contribution in [0.1, 0.15) is 40.1 Å². The second kappa shape index (κ2) is 12.6. The van der Waals surface area contributed by atoms with Crippen molar-refractivity contribution in [1.82, 2.24) is 4.98 Å². The van der Waals surface area contributed by atoms with E-state index in [4.69, 9.17) is 9.47 Å². The van der Waals surface area contributed by atoms with Gasteiger partial charge in [-0.1, -0.05) is 45.5 Å². The third-order valence-corrected chi connectivity index (χ3v) is 13.2. The SMILES string of the molecule is CCOC(=O)c1ccc(NC(=O)COc2ccc(Br)cc2[C@H]2c3sc(=O)[nH]c3SC3C2[C@H]2C[C@@H]3C3C(=O)N(c4ccccc4)C(=O)C32)cc1. The number of carbonyl (C=O) groups is 4. The minimum Gasteiger partial charge on any atom is -0.483 e. The van der Waals surface area contributed by atoms with Gasteiger partial charge < -0.3 is 19.8 Å². The summed E-state index contributed by atoms with van der Waals surface area (Å²) in [6.45, 7) is 1.72. The van der Waals surface area contributed by atoms with E-state index >= 15 is 0 Å². The molecule has 2 bridgehead atoms. The van der Waals surface area contributed by atoms with Gasteiger partial charge in [-0.2, -0.15) is 0 Å². The number of thiazole rings is 1. The molecule has 0 spiro atoms. The van der Waals surface area contributed by atoms with E-state index in [9.17, 15) is 24.0 Å². The number of fused-ring (bicyclic) bond motifs is 9. The van der Waals surface area contributed by atoms with Crippen LogP contribution in [0.25, 0.3) is 0 Å². The minimum absolute atomic E-state index is 0.00850. The molecule has 10 nitrogen and oxygen atoms in total. The number of nitrogens with zero attached hydrogens (tertiary/aromatic N) is 1. The topological polar surface area (TPSA) is 135 Å². The first-order chi connectivity index (χ1) is 23.7. The Morgan fingerprint density at radius 2 is 1.71 bits per heavy atom. The van der Waals surface area contributed by atoms with Crippen LogP contribution in [-0.4, -0.2) is 47.1 Å². The molecule has 2 aliphatic heterocycles. The van der Waals surface area contributed by atoms with Crippen LogP contribution in [0, 0.1) is 29.6 Å². The number of hydrogen-bond acceptors (Lipinski definition) is 9. The van der Waals surface area contributed by atoms with Crippen molar-refractivity contribution in [2.75, 3.05) is 23.4 Å². The van der Waals surface area contributed by atoms with Gasteiger partial charge in [-0.05, 0) is 85.7 Å². The normalized spacial score (nSPS) is 26.2. The predicted octanol–water partition coefficient (Wildman–Crippen LogP) is 6.07. The van der Waals surface area contributed by atoms with Crippen LogP contribution in [-0.2, 0) is 19.1 Å². The van der Waals surface area contributed by atoms with Gasteiger partial charge in [0, 0.05) is 31.8 Å². The zero-order valence-electron chi connectivity index (χ0n) is 26.1. The van der Waals surface area contributed by atoms with E-state index in [1.165, 1.54) is 4.90 Å². The number of thioether (sulfide) groups is 1. The largest absolute Gasteiger partial charge is 0.483 e. The summed E-state index contributed by atoms with van der Waals surface area (Å²) in [7, 11) is 0. The number of nitrogens with one attached hydrogen (secondary N) is 2. The predicted molar refractivity (Wildman–Crippen MR) is 188 cm³/mol. The number of carbonyl (C=O) groups excluding carboxylic acids is 4. The summed E-state index contributed by atoms with van der Waals surface area (Å²) in [5, 5.41) is 3.60. The van der Waals surface area contributed by atoms with E-state index in [-0.39, 0.29) is 64.7 Å². The van der Waals surface area contributed by atoms with Crippen LogP contribution in [0.4, 0.5) is 11.4 Å². The van der Waals surface area contributed by atoms with Crippen molar-refractivity contribution in [1.29, 1.82) is 0 Å². The zero-order valence-corrected chi connectivity index (χ0v) is 29.3. The first kappa shape index (κ1) is 32.0. The molecule has 13 heteroatoms. The highest BCUT2D eigenvalue weighted by Gasteiger charge is 2.69. The molecular weight excluding hydrogens is 730 g/mol. The lowest BCUT2D eigenvalue weighted by Gasteiger charge is -2.43. The fraction of sp³-hybridized carbons (Fsp3) is 0.306. The second-order valence-electron chi connectivity index (χ2n) is 12.6. The molecule has 8 rings (SSSR count). The number of anilines is 2. The number of aromatic nitrogens is 1. The number of para-hydroxylation sites is 1. The van der Waals surface area contributed by atoms with Gasteiger partial charge in [0.1, 0.15) is 5.75 Å². The highest BCUT2D eigenvalue weighted by molar-refractivity contribution is 9.10. The Labute approximate surface area is 297 Å². The number of halogens is 1. The second-order valence-corrected chi connectivity index (χ2v) is 15.7. The molecule has 1 aromatic heterocycles. The van der Waals surface area contributed by atoms with Gasteiger partial charge >= 0.3 is 10.8 Å². The van der Waals surface area contributed by atoms with Gasteiger partial charge in [0.05, 0.1) is 34.7 Å². The summed E-state index contributed by atoms with van der Waals surface area (Å²) < 4.78 is 12.0. The van der Waals surface area contributed by atoms with Crippen LogP contribution >= 0.6 is 39.0 Å². The Bertz CT molecular complexity index is 2050. The Hall–Kier alpha value is -4.20. The van der Waals surface area contributed by atoms with E-state index in [1.54, 1.807) is 55.1 Å². The van der Waals surface area contributed by atoms with Crippen molar-refractivity contribution >= 4 is 74.1 Å². The lowest BCUT2D eigenvalue weighted by atomic mass is 9.68. The number of amides is 3. The third kappa shape index (κ3) is 5.42. The molecule has 3 aromatic carbocycles. The van der Waals surface area contributed by atoms with Crippen molar-refractivity contribution in [3.8, 4) is 5.75 Å². The summed E-state index contributed by atoms with van der Waals surface area (Å²) in [4.78, 5) is 70.8. The van der Waals surface area contributed by atoms with Crippen LogP contribution in [0.3, 0.4) is 0 Å². The van der Waals surface area contributed by atoms with Gasteiger partial charge in [0.15, 0.2) is 6.61 Å². The molecule has 1 saturated heterocycles. The minimum atomic E-state index is -0.436. The molecule has 4 aliphatic rings. The van der Waals surface area contributed by atoms with Crippen LogP contribution in [0.5, 0.6) is 5.75 Å². The number of hydrogen-bond donors (Lipinski definition) is 2. The molecule has 3 fully saturated rings.